The molecule has 4 N–H and O–H groups in total. The topological polar surface area (TPSA) is 154 Å². The highest BCUT2D eigenvalue weighted by Crippen LogP contribution is 2.24. The van der Waals surface area contributed by atoms with Crippen molar-refractivity contribution < 1.29 is 32.3 Å². The molecule has 3 amide bonds. The molecular formula is C18H24ClN3O7S. The summed E-state index contributed by atoms with van der Waals surface area (Å²) in [4.78, 5) is 35.1. The van der Waals surface area contributed by atoms with E-state index >= 15 is 0 Å². The predicted octanol–water partition coefficient (Wildman–Crippen LogP) is 1.17. The number of rotatable bonds is 8. The molecule has 10 nitrogen and oxygen atoms in total. The zero-order chi connectivity index (χ0) is 22.5. The van der Waals surface area contributed by atoms with E-state index in [9.17, 15) is 22.8 Å². The van der Waals surface area contributed by atoms with Crippen LogP contribution in [0.15, 0.2) is 23.1 Å². The number of hydrogen-bond acceptors (Lipinski definition) is 7. The van der Waals surface area contributed by atoms with Crippen LogP contribution < -0.4 is 15.8 Å². The highest BCUT2D eigenvalue weighted by molar-refractivity contribution is 7.89. The molecule has 166 valence electrons. The number of esters is 1. The van der Waals surface area contributed by atoms with Crippen LogP contribution in [-0.2, 0) is 24.3 Å². The van der Waals surface area contributed by atoms with Gasteiger partial charge < -0.3 is 15.2 Å². The molecule has 0 saturated carbocycles. The molecule has 1 aliphatic rings. The molecule has 2 atom stereocenters. The smallest absolute Gasteiger partial charge is 0.338 e. The van der Waals surface area contributed by atoms with E-state index in [4.69, 9.17) is 26.8 Å². The van der Waals surface area contributed by atoms with Gasteiger partial charge in [-0.3, -0.25) is 10.1 Å². The number of primary amides is 1. The number of nitrogens with two attached hydrogens (primary N) is 1. The van der Waals surface area contributed by atoms with Crippen LogP contribution in [-0.4, -0.2) is 51.7 Å². The van der Waals surface area contributed by atoms with Crippen molar-refractivity contribution in [1.82, 2.24) is 10.0 Å². The maximum Gasteiger partial charge on any atom is 0.338 e. The Morgan fingerprint density at radius 3 is 2.60 bits per heavy atom. The summed E-state index contributed by atoms with van der Waals surface area (Å²) >= 11 is 6.03. The van der Waals surface area contributed by atoms with Crippen molar-refractivity contribution in [2.75, 3.05) is 13.2 Å². The van der Waals surface area contributed by atoms with E-state index in [-0.39, 0.29) is 28.1 Å². The Kier molecular flexibility index (Phi) is 8.18. The van der Waals surface area contributed by atoms with Crippen molar-refractivity contribution in [3.05, 3.63) is 28.8 Å². The van der Waals surface area contributed by atoms with Gasteiger partial charge in [-0.15, -0.1) is 0 Å². The first-order chi connectivity index (χ1) is 14.0. The molecule has 1 heterocycles. The summed E-state index contributed by atoms with van der Waals surface area (Å²) in [6.45, 7) is 3.86. The number of carbonyl (C=O) groups excluding carboxylic acids is 3. The van der Waals surface area contributed by atoms with Crippen LogP contribution in [0.1, 0.15) is 37.0 Å². The number of carbonyl (C=O) groups is 3. The van der Waals surface area contributed by atoms with Crippen molar-refractivity contribution in [1.29, 1.82) is 0 Å². The molecule has 1 aromatic rings. The quantitative estimate of drug-likeness (QED) is 0.491. The van der Waals surface area contributed by atoms with Gasteiger partial charge in [0.25, 0.3) is 5.91 Å². The van der Waals surface area contributed by atoms with Crippen LogP contribution in [0.25, 0.3) is 0 Å². The molecule has 1 aromatic carbocycles. The number of imide groups is 1. The second kappa shape index (κ2) is 10.2. The largest absolute Gasteiger partial charge is 0.448 e. The Labute approximate surface area is 179 Å². The summed E-state index contributed by atoms with van der Waals surface area (Å²) in [5.41, 5.74) is 4.79. The number of benzene rings is 1. The van der Waals surface area contributed by atoms with Gasteiger partial charge in [0.05, 0.1) is 16.7 Å². The van der Waals surface area contributed by atoms with Crippen LogP contribution in [0, 0.1) is 5.92 Å². The molecule has 1 aliphatic heterocycles. The minimum atomic E-state index is -4.02. The van der Waals surface area contributed by atoms with Crippen molar-refractivity contribution >= 4 is 39.5 Å². The normalized spacial score (nSPS) is 17.5. The van der Waals surface area contributed by atoms with Gasteiger partial charge in [-0.25, -0.2) is 22.7 Å². The molecule has 1 fully saturated rings. The number of sulfonamides is 1. The Bertz CT molecular complexity index is 914. The van der Waals surface area contributed by atoms with E-state index in [0.29, 0.717) is 6.61 Å². The molecule has 1 saturated heterocycles. The molecule has 0 aromatic heterocycles. The van der Waals surface area contributed by atoms with E-state index in [1.54, 1.807) is 13.8 Å². The maximum absolute atomic E-state index is 12.6. The first-order valence-electron chi connectivity index (χ1n) is 9.23. The van der Waals surface area contributed by atoms with Crippen LogP contribution in [0.3, 0.4) is 0 Å². The Morgan fingerprint density at radius 1 is 1.33 bits per heavy atom. The van der Waals surface area contributed by atoms with E-state index in [1.165, 1.54) is 12.1 Å². The standard InChI is InChI=1S/C18H24ClN3O7S/c1-10(2)15(16(23)22-18(20)25)29-17(24)11-5-6-13(19)14(8-11)30(26,27)21-9-12-4-3-7-28-12/h5-6,8,10,12,15,21H,3-4,7,9H2,1-2H3,(H3,20,22,23,25). The highest BCUT2D eigenvalue weighted by atomic mass is 35.5. The van der Waals surface area contributed by atoms with Gasteiger partial charge >= 0.3 is 12.0 Å². The van der Waals surface area contributed by atoms with Crippen molar-refractivity contribution in [2.45, 2.75) is 43.8 Å². The highest BCUT2D eigenvalue weighted by Gasteiger charge is 2.29. The molecule has 0 spiro atoms. The Balaban J connectivity index is 2.18. The second-order valence-electron chi connectivity index (χ2n) is 7.06. The van der Waals surface area contributed by atoms with Crippen molar-refractivity contribution in [3.63, 3.8) is 0 Å². The van der Waals surface area contributed by atoms with Gasteiger partial charge in [0.15, 0.2) is 6.10 Å². The molecule has 0 bridgehead atoms. The second-order valence-corrected chi connectivity index (χ2v) is 9.20. The molecule has 0 aliphatic carbocycles. The van der Waals surface area contributed by atoms with Gasteiger partial charge in [-0.1, -0.05) is 25.4 Å². The first kappa shape index (κ1) is 24.1. The third-order valence-corrected chi connectivity index (χ3v) is 6.23. The summed E-state index contributed by atoms with van der Waals surface area (Å²) in [5, 5.41) is 1.77. The number of halogens is 1. The number of urea groups is 1. The van der Waals surface area contributed by atoms with Gasteiger partial charge in [-0.2, -0.15) is 0 Å². The van der Waals surface area contributed by atoms with Gasteiger partial charge in [0, 0.05) is 13.2 Å². The summed E-state index contributed by atoms with van der Waals surface area (Å²) in [5.74, 6) is -2.32. The third kappa shape index (κ3) is 6.39. The van der Waals surface area contributed by atoms with Gasteiger partial charge in [0.1, 0.15) is 4.90 Å². The van der Waals surface area contributed by atoms with Crippen LogP contribution in [0.2, 0.25) is 5.02 Å². The van der Waals surface area contributed by atoms with E-state index < -0.39 is 40.0 Å². The summed E-state index contributed by atoms with van der Waals surface area (Å²) in [7, 11) is -4.02. The van der Waals surface area contributed by atoms with E-state index in [2.05, 4.69) is 4.72 Å². The number of hydrogen-bond donors (Lipinski definition) is 3. The Hall–Kier alpha value is -2.21. The van der Waals surface area contributed by atoms with E-state index in [1.807, 2.05) is 5.32 Å². The first-order valence-corrected chi connectivity index (χ1v) is 11.1. The van der Waals surface area contributed by atoms with Crippen LogP contribution in [0.4, 0.5) is 4.79 Å². The average molecular weight is 462 g/mol. The van der Waals surface area contributed by atoms with E-state index in [0.717, 1.165) is 18.9 Å². The SMILES string of the molecule is CC(C)C(OC(=O)c1ccc(Cl)c(S(=O)(=O)NCC2CCCO2)c1)C(=O)NC(N)=O. The predicted molar refractivity (Wildman–Crippen MR) is 107 cm³/mol. The van der Waals surface area contributed by atoms with Crippen LogP contribution >= 0.6 is 11.6 Å². The molecule has 2 rings (SSSR count). The van der Waals surface area contributed by atoms with Gasteiger partial charge in [-0.05, 0) is 37.0 Å². The molecule has 12 heteroatoms. The maximum atomic E-state index is 12.6. The summed E-state index contributed by atoms with van der Waals surface area (Å²) in [6, 6.07) is 2.49. The monoisotopic (exact) mass is 461 g/mol. The fraction of sp³-hybridized carbons (Fsp3) is 0.500. The lowest BCUT2D eigenvalue weighted by atomic mass is 10.1. The lowest BCUT2D eigenvalue weighted by Gasteiger charge is -2.20. The number of ether oxygens (including phenoxy) is 2. The van der Waals surface area contributed by atoms with Gasteiger partial charge in [0.2, 0.25) is 10.0 Å². The molecule has 30 heavy (non-hydrogen) atoms. The minimum Gasteiger partial charge on any atom is -0.448 e. The summed E-state index contributed by atoms with van der Waals surface area (Å²) in [6.07, 6.45) is 0.0714. The lowest BCUT2D eigenvalue weighted by Crippen LogP contribution is -2.45. The lowest BCUT2D eigenvalue weighted by molar-refractivity contribution is -0.130. The Morgan fingerprint density at radius 2 is 2.03 bits per heavy atom. The zero-order valence-corrected chi connectivity index (χ0v) is 18.1. The fourth-order valence-electron chi connectivity index (χ4n) is 2.79. The number of nitrogens with one attached hydrogen (secondary N) is 2. The summed E-state index contributed by atoms with van der Waals surface area (Å²) < 4.78 is 38.2. The average Bonchev–Trinajstić information content (AvgIpc) is 3.17. The number of amides is 3. The molecular weight excluding hydrogens is 438 g/mol. The third-order valence-electron chi connectivity index (χ3n) is 4.33. The van der Waals surface area contributed by atoms with Crippen molar-refractivity contribution in [2.24, 2.45) is 11.7 Å². The minimum absolute atomic E-state index is 0.0794. The molecule has 0 radical (unpaired) electrons. The molecule has 2 unspecified atom stereocenters. The van der Waals surface area contributed by atoms with Crippen molar-refractivity contribution in [3.8, 4) is 0 Å². The van der Waals surface area contributed by atoms with Crippen LogP contribution in [0.5, 0.6) is 0 Å². The fourth-order valence-corrected chi connectivity index (χ4v) is 4.38. The zero-order valence-electron chi connectivity index (χ0n) is 16.5.